The fourth-order valence-electron chi connectivity index (χ4n) is 0.618. The molecule has 0 aromatic rings. The van der Waals surface area contributed by atoms with Crippen molar-refractivity contribution in [2.75, 3.05) is 6.61 Å². The minimum absolute atomic E-state index is 0.150. The summed E-state index contributed by atoms with van der Waals surface area (Å²) in [6.45, 7) is 4.88. The third-order valence-electron chi connectivity index (χ3n) is 1.66. The average Bonchev–Trinajstić information content (AvgIpc) is 2.00. The van der Waals surface area contributed by atoms with Gasteiger partial charge in [-0.25, -0.2) is 13.1 Å². The Morgan fingerprint density at radius 3 is 2.17 bits per heavy atom. The topological polar surface area (TPSA) is 66.4 Å². The molecule has 0 saturated carbocycles. The third kappa shape index (κ3) is 3.51. The van der Waals surface area contributed by atoms with Gasteiger partial charge in [-0.15, -0.1) is 0 Å². The van der Waals surface area contributed by atoms with Crippen molar-refractivity contribution in [3.63, 3.8) is 0 Å². The average molecular weight is 195 g/mol. The van der Waals surface area contributed by atoms with E-state index in [2.05, 4.69) is 4.72 Å². The molecule has 4 nitrogen and oxygen atoms in total. The molecule has 5 heteroatoms. The van der Waals surface area contributed by atoms with Crippen molar-refractivity contribution in [3.8, 4) is 0 Å². The number of aliphatic hydroxyl groups excluding tert-OH is 1. The van der Waals surface area contributed by atoms with E-state index in [0.29, 0.717) is 6.42 Å². The van der Waals surface area contributed by atoms with E-state index in [4.69, 9.17) is 5.11 Å². The highest BCUT2D eigenvalue weighted by Gasteiger charge is 2.19. The van der Waals surface area contributed by atoms with E-state index in [-0.39, 0.29) is 12.6 Å². The highest BCUT2D eigenvalue weighted by molar-refractivity contribution is 7.90. The summed E-state index contributed by atoms with van der Waals surface area (Å²) in [5, 5.41) is 8.30. The van der Waals surface area contributed by atoms with Gasteiger partial charge in [0.25, 0.3) is 0 Å². The first-order chi connectivity index (χ1) is 5.44. The smallest absolute Gasteiger partial charge is 0.214 e. The van der Waals surface area contributed by atoms with Crippen LogP contribution in [0.1, 0.15) is 27.2 Å². The third-order valence-corrected chi connectivity index (χ3v) is 3.57. The standard InChI is InChI=1S/C7H17NO3S/c1-4-7(5-9)8-12(10,11)6(2)3/h6-9H,4-5H2,1-3H3/t7-/m1/s1. The lowest BCUT2D eigenvalue weighted by Crippen LogP contribution is -2.40. The van der Waals surface area contributed by atoms with Gasteiger partial charge in [0.15, 0.2) is 0 Å². The van der Waals surface area contributed by atoms with E-state index in [9.17, 15) is 8.42 Å². The maximum absolute atomic E-state index is 11.2. The normalized spacial score (nSPS) is 15.1. The molecule has 0 saturated heterocycles. The molecule has 1 atom stereocenters. The molecule has 0 heterocycles. The molecule has 0 rings (SSSR count). The minimum atomic E-state index is -3.23. The molecule has 0 spiro atoms. The van der Waals surface area contributed by atoms with E-state index in [1.165, 1.54) is 0 Å². The number of hydrogen-bond acceptors (Lipinski definition) is 3. The summed E-state index contributed by atoms with van der Waals surface area (Å²) in [5.41, 5.74) is 0. The van der Waals surface area contributed by atoms with Crippen LogP contribution in [0.25, 0.3) is 0 Å². The second-order valence-electron chi connectivity index (χ2n) is 3.00. The van der Waals surface area contributed by atoms with Gasteiger partial charge in [-0.3, -0.25) is 0 Å². The van der Waals surface area contributed by atoms with Crippen LogP contribution in [0, 0.1) is 0 Å². The quantitative estimate of drug-likeness (QED) is 0.653. The van der Waals surface area contributed by atoms with Crippen molar-refractivity contribution < 1.29 is 13.5 Å². The second-order valence-corrected chi connectivity index (χ2v) is 5.27. The molecule has 0 fully saturated rings. The fraction of sp³-hybridized carbons (Fsp3) is 1.00. The molecule has 0 aliphatic carbocycles. The van der Waals surface area contributed by atoms with E-state index in [1.807, 2.05) is 6.92 Å². The predicted molar refractivity (Wildman–Crippen MR) is 48.4 cm³/mol. The maximum Gasteiger partial charge on any atom is 0.214 e. The van der Waals surface area contributed by atoms with Crippen LogP contribution in [0.15, 0.2) is 0 Å². The summed E-state index contributed by atoms with van der Waals surface area (Å²) in [6.07, 6.45) is 0.600. The molecule has 0 unspecified atom stereocenters. The Kier molecular flexibility index (Phi) is 4.74. The summed E-state index contributed by atoms with van der Waals surface area (Å²) in [7, 11) is -3.23. The van der Waals surface area contributed by atoms with Gasteiger partial charge in [-0.1, -0.05) is 6.92 Å². The zero-order valence-corrected chi connectivity index (χ0v) is 8.56. The van der Waals surface area contributed by atoms with Gasteiger partial charge in [0.2, 0.25) is 10.0 Å². The van der Waals surface area contributed by atoms with Crippen molar-refractivity contribution in [2.24, 2.45) is 0 Å². The highest BCUT2D eigenvalue weighted by atomic mass is 32.2. The lowest BCUT2D eigenvalue weighted by atomic mass is 10.3. The number of nitrogens with one attached hydrogen (secondary N) is 1. The summed E-state index contributed by atoms with van der Waals surface area (Å²) >= 11 is 0. The number of aliphatic hydroxyl groups is 1. The molecule has 0 radical (unpaired) electrons. The monoisotopic (exact) mass is 195 g/mol. The van der Waals surface area contributed by atoms with Crippen LogP contribution in [-0.2, 0) is 10.0 Å². The van der Waals surface area contributed by atoms with Crippen LogP contribution in [0.2, 0.25) is 0 Å². The van der Waals surface area contributed by atoms with Gasteiger partial charge in [0.05, 0.1) is 11.9 Å². The van der Waals surface area contributed by atoms with Crippen LogP contribution in [0.5, 0.6) is 0 Å². The first-order valence-corrected chi connectivity index (χ1v) is 5.60. The Bertz CT molecular complexity index is 207. The Balaban J connectivity index is 4.23. The molecule has 0 aromatic carbocycles. The Morgan fingerprint density at radius 2 is 1.92 bits per heavy atom. The first-order valence-electron chi connectivity index (χ1n) is 4.06. The summed E-state index contributed by atoms with van der Waals surface area (Å²) in [5.74, 6) is 0. The van der Waals surface area contributed by atoms with E-state index < -0.39 is 15.3 Å². The van der Waals surface area contributed by atoms with Crippen LogP contribution in [-0.4, -0.2) is 31.4 Å². The minimum Gasteiger partial charge on any atom is -0.395 e. The predicted octanol–water partition coefficient (Wildman–Crippen LogP) is 0.0851. The number of sulfonamides is 1. The van der Waals surface area contributed by atoms with Crippen molar-refractivity contribution in [1.29, 1.82) is 0 Å². The fourth-order valence-corrected chi connectivity index (χ4v) is 1.60. The van der Waals surface area contributed by atoms with Crippen LogP contribution >= 0.6 is 0 Å². The van der Waals surface area contributed by atoms with Gasteiger partial charge < -0.3 is 5.11 Å². The molecule has 2 N–H and O–H groups in total. The van der Waals surface area contributed by atoms with E-state index in [1.54, 1.807) is 13.8 Å². The number of rotatable bonds is 5. The molecule has 12 heavy (non-hydrogen) atoms. The van der Waals surface area contributed by atoms with Gasteiger partial charge >= 0.3 is 0 Å². The molecule has 74 valence electrons. The van der Waals surface area contributed by atoms with Gasteiger partial charge in [0.1, 0.15) is 0 Å². The molecule has 0 aliphatic rings. The van der Waals surface area contributed by atoms with Gasteiger partial charge in [-0.2, -0.15) is 0 Å². The van der Waals surface area contributed by atoms with Crippen LogP contribution in [0.3, 0.4) is 0 Å². The van der Waals surface area contributed by atoms with Gasteiger partial charge in [-0.05, 0) is 20.3 Å². The second kappa shape index (κ2) is 4.79. The van der Waals surface area contributed by atoms with Crippen LogP contribution in [0.4, 0.5) is 0 Å². The van der Waals surface area contributed by atoms with E-state index >= 15 is 0 Å². The SMILES string of the molecule is CC[C@H](CO)NS(=O)(=O)C(C)C. The maximum atomic E-state index is 11.2. The zero-order valence-electron chi connectivity index (χ0n) is 7.74. The summed E-state index contributed by atoms with van der Waals surface area (Å²) in [6, 6.07) is -0.350. The Labute approximate surface area is 74.0 Å². The largest absolute Gasteiger partial charge is 0.395 e. The first kappa shape index (κ1) is 11.9. The molecular formula is C7H17NO3S. The Hall–Kier alpha value is -0.130. The molecule has 0 amide bonds. The van der Waals surface area contributed by atoms with Crippen molar-refractivity contribution in [2.45, 2.75) is 38.5 Å². The Morgan fingerprint density at radius 1 is 1.42 bits per heavy atom. The number of hydrogen-bond donors (Lipinski definition) is 2. The molecule has 0 aliphatic heterocycles. The van der Waals surface area contributed by atoms with Crippen molar-refractivity contribution in [3.05, 3.63) is 0 Å². The molecule has 0 aromatic heterocycles. The molecule has 0 bridgehead atoms. The molecular weight excluding hydrogens is 178 g/mol. The van der Waals surface area contributed by atoms with Crippen LogP contribution < -0.4 is 4.72 Å². The lowest BCUT2D eigenvalue weighted by Gasteiger charge is -2.16. The lowest BCUT2D eigenvalue weighted by molar-refractivity contribution is 0.253. The van der Waals surface area contributed by atoms with Crippen molar-refractivity contribution >= 4 is 10.0 Å². The summed E-state index contributed by atoms with van der Waals surface area (Å²) < 4.78 is 24.9. The van der Waals surface area contributed by atoms with Crippen molar-refractivity contribution in [1.82, 2.24) is 4.72 Å². The highest BCUT2D eigenvalue weighted by Crippen LogP contribution is 1.99. The van der Waals surface area contributed by atoms with E-state index in [0.717, 1.165) is 0 Å². The summed E-state index contributed by atoms with van der Waals surface area (Å²) in [4.78, 5) is 0. The zero-order chi connectivity index (χ0) is 9.78. The van der Waals surface area contributed by atoms with Gasteiger partial charge in [0, 0.05) is 6.04 Å².